The van der Waals surface area contributed by atoms with Gasteiger partial charge in [-0.3, -0.25) is 0 Å². The van der Waals surface area contributed by atoms with Crippen LogP contribution in [0.4, 0.5) is 0 Å². The van der Waals surface area contributed by atoms with Crippen molar-refractivity contribution in [2.45, 2.75) is 32.6 Å². The van der Waals surface area contributed by atoms with Crippen LogP contribution in [0, 0.1) is 11.8 Å². The van der Waals surface area contributed by atoms with E-state index >= 15 is 0 Å². The van der Waals surface area contributed by atoms with Gasteiger partial charge < -0.3 is 0 Å². The van der Waals surface area contributed by atoms with E-state index in [9.17, 15) is 0 Å². The zero-order valence-electron chi connectivity index (χ0n) is 6.77. The Morgan fingerprint density at radius 3 is 2.90 bits per heavy atom. The SMILES string of the molecule is C=C=CCC1CCCC1C. The second-order valence-corrected chi connectivity index (χ2v) is 3.31. The third-order valence-electron chi connectivity index (χ3n) is 2.60. The van der Waals surface area contributed by atoms with Crippen molar-refractivity contribution in [1.82, 2.24) is 0 Å². The summed E-state index contributed by atoms with van der Waals surface area (Å²) in [5.74, 6) is 1.86. The number of hydrogen-bond donors (Lipinski definition) is 0. The molecule has 56 valence electrons. The molecule has 0 radical (unpaired) electrons. The Morgan fingerprint density at radius 2 is 2.40 bits per heavy atom. The molecule has 0 saturated heterocycles. The van der Waals surface area contributed by atoms with Crippen molar-refractivity contribution in [2.75, 3.05) is 0 Å². The predicted molar refractivity (Wildman–Crippen MR) is 44.8 cm³/mol. The molecule has 1 saturated carbocycles. The van der Waals surface area contributed by atoms with E-state index in [1.807, 2.05) is 0 Å². The highest BCUT2D eigenvalue weighted by Crippen LogP contribution is 2.33. The summed E-state index contributed by atoms with van der Waals surface area (Å²) in [6, 6.07) is 0. The predicted octanol–water partition coefficient (Wildman–Crippen LogP) is 3.15. The van der Waals surface area contributed by atoms with Crippen molar-refractivity contribution >= 4 is 0 Å². The van der Waals surface area contributed by atoms with E-state index in [1.165, 1.54) is 25.7 Å². The normalized spacial score (nSPS) is 31.7. The molecule has 1 rings (SSSR count). The molecule has 10 heavy (non-hydrogen) atoms. The van der Waals surface area contributed by atoms with Crippen LogP contribution >= 0.6 is 0 Å². The second-order valence-electron chi connectivity index (χ2n) is 3.31. The summed E-state index contributed by atoms with van der Waals surface area (Å²) in [4.78, 5) is 0. The first-order valence-electron chi connectivity index (χ1n) is 4.19. The summed E-state index contributed by atoms with van der Waals surface area (Å²) in [7, 11) is 0. The molecule has 0 amide bonds. The molecule has 0 heterocycles. The average molecular weight is 136 g/mol. The molecule has 0 spiro atoms. The first-order chi connectivity index (χ1) is 4.84. The molecule has 1 aliphatic carbocycles. The van der Waals surface area contributed by atoms with Crippen molar-refractivity contribution in [2.24, 2.45) is 11.8 Å². The van der Waals surface area contributed by atoms with Crippen LogP contribution in [0.5, 0.6) is 0 Å². The quantitative estimate of drug-likeness (QED) is 0.511. The molecule has 0 aromatic rings. The molecular weight excluding hydrogens is 120 g/mol. The summed E-state index contributed by atoms with van der Waals surface area (Å²) in [5.41, 5.74) is 2.84. The largest absolute Gasteiger partial charge is 0.133 e. The Morgan fingerprint density at radius 1 is 1.60 bits per heavy atom. The zero-order valence-corrected chi connectivity index (χ0v) is 6.77. The van der Waals surface area contributed by atoms with E-state index < -0.39 is 0 Å². The first kappa shape index (κ1) is 7.63. The van der Waals surface area contributed by atoms with E-state index in [4.69, 9.17) is 0 Å². The second kappa shape index (κ2) is 3.63. The third kappa shape index (κ3) is 1.75. The van der Waals surface area contributed by atoms with E-state index in [2.05, 4.69) is 25.3 Å². The van der Waals surface area contributed by atoms with Crippen LogP contribution in [-0.2, 0) is 0 Å². The molecule has 0 heteroatoms. The molecule has 1 aliphatic rings. The lowest BCUT2D eigenvalue weighted by Gasteiger charge is -2.10. The molecule has 0 N–H and O–H groups in total. The first-order valence-corrected chi connectivity index (χ1v) is 4.19. The Labute approximate surface area is 63.6 Å². The van der Waals surface area contributed by atoms with Crippen LogP contribution < -0.4 is 0 Å². The fraction of sp³-hybridized carbons (Fsp3) is 0.700. The number of hydrogen-bond acceptors (Lipinski definition) is 0. The summed E-state index contributed by atoms with van der Waals surface area (Å²) < 4.78 is 0. The Balaban J connectivity index is 2.32. The zero-order chi connectivity index (χ0) is 7.40. The minimum absolute atomic E-state index is 0.925. The van der Waals surface area contributed by atoms with Crippen LogP contribution in [0.25, 0.3) is 0 Å². The Hall–Kier alpha value is -0.480. The molecule has 0 aromatic carbocycles. The van der Waals surface area contributed by atoms with Gasteiger partial charge in [-0.25, -0.2) is 0 Å². The van der Waals surface area contributed by atoms with Gasteiger partial charge in [-0.05, 0) is 30.8 Å². The van der Waals surface area contributed by atoms with Gasteiger partial charge in [0.05, 0.1) is 0 Å². The molecular formula is C10H16. The van der Waals surface area contributed by atoms with Gasteiger partial charge in [0.1, 0.15) is 0 Å². The summed E-state index contributed by atoms with van der Waals surface area (Å²) in [6.45, 7) is 5.92. The maximum atomic E-state index is 3.57. The monoisotopic (exact) mass is 136 g/mol. The van der Waals surface area contributed by atoms with Crippen molar-refractivity contribution in [3.63, 3.8) is 0 Å². The average Bonchev–Trinajstić information content (AvgIpc) is 2.31. The lowest BCUT2D eigenvalue weighted by molar-refractivity contribution is 0.424. The van der Waals surface area contributed by atoms with Gasteiger partial charge in [0.25, 0.3) is 0 Å². The molecule has 2 atom stereocenters. The Kier molecular flexibility index (Phi) is 2.77. The number of allylic oxidation sites excluding steroid dienone is 1. The van der Waals surface area contributed by atoms with Gasteiger partial charge in [0.15, 0.2) is 0 Å². The third-order valence-corrected chi connectivity index (χ3v) is 2.60. The maximum Gasteiger partial charge on any atom is -0.0244 e. The lowest BCUT2D eigenvalue weighted by Crippen LogP contribution is -2.01. The maximum absolute atomic E-state index is 3.57. The molecule has 0 nitrogen and oxygen atoms in total. The highest BCUT2D eigenvalue weighted by atomic mass is 14.3. The van der Waals surface area contributed by atoms with Gasteiger partial charge in [0, 0.05) is 0 Å². The van der Waals surface area contributed by atoms with Crippen molar-refractivity contribution < 1.29 is 0 Å². The van der Waals surface area contributed by atoms with Crippen molar-refractivity contribution in [1.29, 1.82) is 0 Å². The fourth-order valence-corrected chi connectivity index (χ4v) is 1.81. The minimum Gasteiger partial charge on any atom is -0.133 e. The van der Waals surface area contributed by atoms with Gasteiger partial charge in [-0.1, -0.05) is 26.3 Å². The van der Waals surface area contributed by atoms with Crippen LogP contribution in [0.1, 0.15) is 32.6 Å². The molecule has 2 unspecified atom stereocenters. The summed E-state index contributed by atoms with van der Waals surface area (Å²) >= 11 is 0. The molecule has 0 aliphatic heterocycles. The van der Waals surface area contributed by atoms with Gasteiger partial charge in [-0.15, -0.1) is 5.73 Å². The summed E-state index contributed by atoms with van der Waals surface area (Å²) in [6.07, 6.45) is 7.54. The van der Waals surface area contributed by atoms with E-state index in [-0.39, 0.29) is 0 Å². The van der Waals surface area contributed by atoms with Gasteiger partial charge in [-0.2, -0.15) is 0 Å². The fourth-order valence-electron chi connectivity index (χ4n) is 1.81. The van der Waals surface area contributed by atoms with Crippen LogP contribution in [0.3, 0.4) is 0 Å². The van der Waals surface area contributed by atoms with E-state index in [1.54, 1.807) is 0 Å². The van der Waals surface area contributed by atoms with Crippen molar-refractivity contribution in [3.05, 3.63) is 18.4 Å². The highest BCUT2D eigenvalue weighted by molar-refractivity contribution is 4.84. The molecule has 0 bridgehead atoms. The van der Waals surface area contributed by atoms with Crippen LogP contribution in [-0.4, -0.2) is 0 Å². The van der Waals surface area contributed by atoms with Crippen molar-refractivity contribution in [3.8, 4) is 0 Å². The lowest BCUT2D eigenvalue weighted by atomic mass is 9.95. The number of rotatable bonds is 2. The highest BCUT2D eigenvalue weighted by Gasteiger charge is 2.21. The van der Waals surface area contributed by atoms with E-state index in [0.29, 0.717) is 0 Å². The van der Waals surface area contributed by atoms with Gasteiger partial charge in [0.2, 0.25) is 0 Å². The van der Waals surface area contributed by atoms with Gasteiger partial charge >= 0.3 is 0 Å². The van der Waals surface area contributed by atoms with E-state index in [0.717, 1.165) is 11.8 Å². The Bertz CT molecular complexity index is 140. The molecule has 0 aromatic heterocycles. The smallest absolute Gasteiger partial charge is 0.0244 e. The minimum atomic E-state index is 0.925. The van der Waals surface area contributed by atoms with Crippen LogP contribution in [0.15, 0.2) is 18.4 Å². The topological polar surface area (TPSA) is 0 Å². The standard InChI is InChI=1S/C10H16/c1-3-4-7-10-8-5-6-9(10)2/h4,9-10H,1,5-8H2,2H3. The van der Waals surface area contributed by atoms with Crippen LogP contribution in [0.2, 0.25) is 0 Å². The molecule has 1 fully saturated rings. The summed E-state index contributed by atoms with van der Waals surface area (Å²) in [5, 5.41) is 0.